The van der Waals surface area contributed by atoms with Gasteiger partial charge >= 0.3 is 5.97 Å². The molecular formula is C26H33NO3Si. The van der Waals surface area contributed by atoms with Crippen molar-refractivity contribution in [3.8, 4) is 0 Å². The van der Waals surface area contributed by atoms with E-state index >= 15 is 0 Å². The first-order valence-electron chi connectivity index (χ1n) is 11.2. The summed E-state index contributed by atoms with van der Waals surface area (Å²) in [5.74, 6) is -0.248. The Labute approximate surface area is 186 Å². The molecule has 0 bridgehead atoms. The quantitative estimate of drug-likeness (QED) is 0.563. The SMILES string of the molecule is C[Si](C)(c1ccccc1)C1/C=C(/c2ccccc2)C(=O)NCCCCCCOC(=O)C1. The number of rotatable bonds is 3. The average molecular weight is 436 g/mol. The Morgan fingerprint density at radius 3 is 2.23 bits per heavy atom. The van der Waals surface area contributed by atoms with Gasteiger partial charge in [-0.25, -0.2) is 0 Å². The lowest BCUT2D eigenvalue weighted by Crippen LogP contribution is -2.46. The Hall–Kier alpha value is -2.66. The summed E-state index contributed by atoms with van der Waals surface area (Å²) >= 11 is 0. The van der Waals surface area contributed by atoms with Crippen LogP contribution in [0.3, 0.4) is 0 Å². The third-order valence-electron chi connectivity index (χ3n) is 6.15. The Balaban J connectivity index is 2.04. The fourth-order valence-corrected chi connectivity index (χ4v) is 6.77. The number of hydrogen-bond donors (Lipinski definition) is 1. The predicted molar refractivity (Wildman–Crippen MR) is 129 cm³/mol. The van der Waals surface area contributed by atoms with Crippen LogP contribution in [0.5, 0.6) is 0 Å². The van der Waals surface area contributed by atoms with Crippen LogP contribution in [0.25, 0.3) is 5.57 Å². The third kappa shape index (κ3) is 6.41. The molecule has 3 rings (SSSR count). The van der Waals surface area contributed by atoms with E-state index in [4.69, 9.17) is 4.74 Å². The van der Waals surface area contributed by atoms with Gasteiger partial charge in [0.2, 0.25) is 0 Å². The summed E-state index contributed by atoms with van der Waals surface area (Å²) in [5.41, 5.74) is 1.46. The molecule has 1 aliphatic heterocycles. The van der Waals surface area contributed by atoms with Gasteiger partial charge in [-0.05, 0) is 30.4 Å². The number of allylic oxidation sites excluding steroid dienone is 1. The van der Waals surface area contributed by atoms with E-state index in [1.54, 1.807) is 0 Å². The van der Waals surface area contributed by atoms with E-state index in [1.165, 1.54) is 5.19 Å². The van der Waals surface area contributed by atoms with Gasteiger partial charge < -0.3 is 10.1 Å². The van der Waals surface area contributed by atoms with Gasteiger partial charge in [-0.2, -0.15) is 0 Å². The largest absolute Gasteiger partial charge is 0.466 e. The molecular weight excluding hydrogens is 402 g/mol. The molecule has 1 amide bonds. The maximum absolute atomic E-state index is 13.2. The minimum atomic E-state index is -2.13. The van der Waals surface area contributed by atoms with E-state index in [1.807, 2.05) is 54.6 Å². The number of hydrogen-bond acceptors (Lipinski definition) is 3. The summed E-state index contributed by atoms with van der Waals surface area (Å²) in [5, 5.41) is 4.36. The summed E-state index contributed by atoms with van der Waals surface area (Å²) in [6.07, 6.45) is 6.13. The second-order valence-electron chi connectivity index (χ2n) is 8.74. The lowest BCUT2D eigenvalue weighted by atomic mass is 10.0. The molecule has 1 atom stereocenters. The number of benzene rings is 2. The van der Waals surface area contributed by atoms with Crippen molar-refractivity contribution in [2.75, 3.05) is 13.2 Å². The van der Waals surface area contributed by atoms with Gasteiger partial charge in [0.1, 0.15) is 0 Å². The molecule has 0 fully saturated rings. The average Bonchev–Trinajstić information content (AvgIpc) is 2.78. The van der Waals surface area contributed by atoms with Gasteiger partial charge in [-0.15, -0.1) is 0 Å². The Morgan fingerprint density at radius 2 is 1.52 bits per heavy atom. The van der Waals surface area contributed by atoms with Crippen LogP contribution < -0.4 is 10.5 Å². The van der Waals surface area contributed by atoms with Crippen molar-refractivity contribution in [3.63, 3.8) is 0 Å². The van der Waals surface area contributed by atoms with Crippen LogP contribution in [0.2, 0.25) is 18.6 Å². The van der Waals surface area contributed by atoms with E-state index < -0.39 is 8.07 Å². The summed E-state index contributed by atoms with van der Waals surface area (Å²) in [7, 11) is -2.13. The molecule has 0 spiro atoms. The van der Waals surface area contributed by atoms with Crippen LogP contribution in [0, 0.1) is 0 Å². The van der Waals surface area contributed by atoms with Gasteiger partial charge in [-0.1, -0.05) is 91.4 Å². The molecule has 4 nitrogen and oxygen atoms in total. The van der Waals surface area contributed by atoms with Crippen LogP contribution >= 0.6 is 0 Å². The molecule has 0 aliphatic carbocycles. The number of cyclic esters (lactones) is 1. The molecule has 1 aliphatic rings. The first-order chi connectivity index (χ1) is 15.0. The van der Waals surface area contributed by atoms with Crippen LogP contribution in [0.4, 0.5) is 0 Å². The second kappa shape index (κ2) is 11.1. The normalized spacial score (nSPS) is 21.2. The van der Waals surface area contributed by atoms with Crippen molar-refractivity contribution in [2.45, 2.75) is 50.7 Å². The minimum Gasteiger partial charge on any atom is -0.466 e. The molecule has 0 saturated heterocycles. The first-order valence-corrected chi connectivity index (χ1v) is 14.3. The van der Waals surface area contributed by atoms with Crippen molar-refractivity contribution < 1.29 is 14.3 Å². The highest BCUT2D eigenvalue weighted by atomic mass is 28.3. The zero-order valence-corrected chi connectivity index (χ0v) is 19.6. The zero-order valence-electron chi connectivity index (χ0n) is 18.6. The smallest absolute Gasteiger partial charge is 0.306 e. The van der Waals surface area contributed by atoms with Gasteiger partial charge in [-0.3, -0.25) is 9.59 Å². The standard InChI is InChI=1S/C26H33NO3Si/c1-31(2,22-15-9-6-10-16-22)23-19-24(21-13-7-5-8-14-21)26(29)27-17-11-3-4-12-18-30-25(28)20-23/h5-10,13-16,19,23H,3-4,11-12,17-18,20H2,1-2H3,(H,27,29)/b24-19-. The van der Waals surface area contributed by atoms with E-state index in [0.29, 0.717) is 18.7 Å². The molecule has 2 aromatic carbocycles. The van der Waals surface area contributed by atoms with Crippen LogP contribution in [-0.4, -0.2) is 33.1 Å². The van der Waals surface area contributed by atoms with Crippen molar-refractivity contribution in [3.05, 3.63) is 72.3 Å². The summed E-state index contributed by atoms with van der Waals surface area (Å²) in [4.78, 5) is 25.9. The number of esters is 1. The fraction of sp³-hybridized carbons (Fsp3) is 0.385. The zero-order chi connectivity index (χ0) is 22.1. The highest BCUT2D eigenvalue weighted by molar-refractivity contribution is 6.91. The van der Waals surface area contributed by atoms with Crippen LogP contribution in [0.1, 0.15) is 37.7 Å². The molecule has 1 unspecified atom stereocenters. The number of carbonyl (C=O) groups excluding carboxylic acids is 2. The van der Waals surface area contributed by atoms with Crippen molar-refractivity contribution >= 4 is 30.7 Å². The van der Waals surface area contributed by atoms with Crippen molar-refractivity contribution in [1.29, 1.82) is 0 Å². The predicted octanol–water partition coefficient (Wildman–Crippen LogP) is 4.68. The van der Waals surface area contributed by atoms with Crippen molar-refractivity contribution in [1.82, 2.24) is 5.32 Å². The van der Waals surface area contributed by atoms with Gasteiger partial charge in [0.15, 0.2) is 0 Å². The molecule has 0 radical (unpaired) electrons. The third-order valence-corrected chi connectivity index (χ3v) is 10.2. The monoisotopic (exact) mass is 435 g/mol. The highest BCUT2D eigenvalue weighted by Crippen LogP contribution is 2.31. The number of ether oxygens (including phenoxy) is 1. The van der Waals surface area contributed by atoms with Crippen LogP contribution in [0.15, 0.2) is 66.7 Å². The Morgan fingerprint density at radius 1 is 0.871 bits per heavy atom. The molecule has 0 saturated carbocycles. The van der Waals surface area contributed by atoms with Crippen molar-refractivity contribution in [2.24, 2.45) is 0 Å². The van der Waals surface area contributed by atoms with Gasteiger partial charge in [0.25, 0.3) is 5.91 Å². The maximum atomic E-state index is 13.2. The topological polar surface area (TPSA) is 55.4 Å². The molecule has 5 heteroatoms. The highest BCUT2D eigenvalue weighted by Gasteiger charge is 2.35. The maximum Gasteiger partial charge on any atom is 0.306 e. The lowest BCUT2D eigenvalue weighted by Gasteiger charge is -2.31. The fourth-order valence-electron chi connectivity index (χ4n) is 4.03. The van der Waals surface area contributed by atoms with E-state index in [0.717, 1.165) is 31.2 Å². The molecule has 164 valence electrons. The van der Waals surface area contributed by atoms with E-state index in [-0.39, 0.29) is 23.8 Å². The molecule has 1 N–H and O–H groups in total. The summed E-state index contributed by atoms with van der Waals surface area (Å²) in [6.45, 7) is 5.66. The molecule has 2 aromatic rings. The molecule has 1 heterocycles. The Kier molecular flexibility index (Phi) is 8.24. The number of amides is 1. The summed E-state index contributed by atoms with van der Waals surface area (Å²) < 4.78 is 5.57. The van der Waals surface area contributed by atoms with Gasteiger partial charge in [0.05, 0.1) is 14.7 Å². The lowest BCUT2D eigenvalue weighted by molar-refractivity contribution is -0.143. The van der Waals surface area contributed by atoms with E-state index in [9.17, 15) is 9.59 Å². The minimum absolute atomic E-state index is 0.0636. The molecule has 0 aromatic heterocycles. The first kappa shape index (κ1) is 23.0. The molecule has 31 heavy (non-hydrogen) atoms. The number of nitrogens with one attached hydrogen (secondary N) is 1. The Bertz CT molecular complexity index is 893. The second-order valence-corrected chi connectivity index (χ2v) is 13.5. The van der Waals surface area contributed by atoms with Gasteiger partial charge in [0, 0.05) is 18.5 Å². The van der Waals surface area contributed by atoms with Crippen LogP contribution in [-0.2, 0) is 14.3 Å². The number of carbonyl (C=O) groups is 2. The summed E-state index contributed by atoms with van der Waals surface area (Å²) in [6, 6.07) is 20.1. The van der Waals surface area contributed by atoms with E-state index in [2.05, 4.69) is 30.5 Å².